The zero-order chi connectivity index (χ0) is 14.2. The van der Waals surface area contributed by atoms with Crippen molar-refractivity contribution in [2.75, 3.05) is 0 Å². The highest BCUT2D eigenvalue weighted by Gasteiger charge is 2.17. The Morgan fingerprint density at radius 2 is 1.89 bits per heavy atom. The lowest BCUT2D eigenvalue weighted by Crippen LogP contribution is -2.02. The fourth-order valence-electron chi connectivity index (χ4n) is 2.34. The summed E-state index contributed by atoms with van der Waals surface area (Å²) in [7, 11) is 0. The van der Waals surface area contributed by atoms with Gasteiger partial charge in [-0.25, -0.2) is 0 Å². The molecule has 4 heteroatoms. The Labute approximate surface area is 112 Å². The minimum absolute atomic E-state index is 0.0635. The number of carboxylic acids is 1. The van der Waals surface area contributed by atoms with E-state index in [1.165, 1.54) is 16.7 Å². The molecule has 1 aromatic carbocycles. The third kappa shape index (κ3) is 2.38. The van der Waals surface area contributed by atoms with Crippen molar-refractivity contribution in [2.24, 2.45) is 0 Å². The molecule has 0 amide bonds. The molecule has 4 nitrogen and oxygen atoms in total. The molecule has 19 heavy (non-hydrogen) atoms. The van der Waals surface area contributed by atoms with Gasteiger partial charge < -0.3 is 5.11 Å². The second kappa shape index (κ2) is 4.88. The maximum Gasteiger partial charge on any atom is 0.309 e. The van der Waals surface area contributed by atoms with Crippen molar-refractivity contribution in [1.29, 1.82) is 0 Å². The summed E-state index contributed by atoms with van der Waals surface area (Å²) >= 11 is 0. The number of hydrogen-bond donors (Lipinski definition) is 2. The first kappa shape index (κ1) is 13.3. The summed E-state index contributed by atoms with van der Waals surface area (Å²) in [6, 6.07) is 4.11. The second-order valence-electron chi connectivity index (χ2n) is 4.92. The van der Waals surface area contributed by atoms with E-state index < -0.39 is 5.97 Å². The topological polar surface area (TPSA) is 66.0 Å². The lowest BCUT2D eigenvalue weighted by Gasteiger charge is -2.12. The lowest BCUT2D eigenvalue weighted by molar-refractivity contribution is -0.136. The Kier molecular flexibility index (Phi) is 3.42. The van der Waals surface area contributed by atoms with E-state index in [4.69, 9.17) is 5.11 Å². The molecule has 2 N–H and O–H groups in total. The summed E-state index contributed by atoms with van der Waals surface area (Å²) < 4.78 is 0. The molecule has 0 atom stereocenters. The molecule has 2 aromatic rings. The number of aryl methyl sites for hydroxylation is 2. The zero-order valence-corrected chi connectivity index (χ0v) is 11.7. The molecule has 0 saturated carbocycles. The average Bonchev–Trinajstić information content (AvgIpc) is 2.68. The van der Waals surface area contributed by atoms with E-state index in [0.29, 0.717) is 5.69 Å². The average molecular weight is 258 g/mol. The minimum Gasteiger partial charge on any atom is -0.481 e. The van der Waals surface area contributed by atoms with Crippen LogP contribution in [0.5, 0.6) is 0 Å². The van der Waals surface area contributed by atoms with E-state index in [2.05, 4.69) is 37.0 Å². The summed E-state index contributed by atoms with van der Waals surface area (Å²) in [6.07, 6.45) is -0.0635. The SMILES string of the molecule is Cc1ccc(-c2c(CC(=O)O)n[nH]c2C)c(C)c1C. The first-order valence-electron chi connectivity index (χ1n) is 6.24. The van der Waals surface area contributed by atoms with Crippen LogP contribution in [-0.2, 0) is 11.2 Å². The summed E-state index contributed by atoms with van der Waals surface area (Å²) in [5.74, 6) is -0.866. The smallest absolute Gasteiger partial charge is 0.309 e. The Bertz CT molecular complexity index is 642. The molecule has 2 rings (SSSR count). The van der Waals surface area contributed by atoms with E-state index >= 15 is 0 Å². The van der Waals surface area contributed by atoms with Gasteiger partial charge in [-0.1, -0.05) is 12.1 Å². The maximum atomic E-state index is 10.9. The van der Waals surface area contributed by atoms with E-state index in [0.717, 1.165) is 16.8 Å². The number of carboxylic acid groups (broad SMARTS) is 1. The van der Waals surface area contributed by atoms with Crippen molar-refractivity contribution in [3.05, 3.63) is 40.2 Å². The summed E-state index contributed by atoms with van der Waals surface area (Å²) in [5, 5.41) is 16.0. The molecule has 1 aromatic heterocycles. The van der Waals surface area contributed by atoms with E-state index in [1.807, 2.05) is 13.0 Å². The fraction of sp³-hybridized carbons (Fsp3) is 0.333. The Hall–Kier alpha value is -2.10. The van der Waals surface area contributed by atoms with Crippen LogP contribution in [-0.4, -0.2) is 21.3 Å². The van der Waals surface area contributed by atoms with Crippen molar-refractivity contribution in [2.45, 2.75) is 34.1 Å². The van der Waals surface area contributed by atoms with Gasteiger partial charge in [0.05, 0.1) is 12.1 Å². The highest BCUT2D eigenvalue weighted by molar-refractivity contribution is 5.78. The van der Waals surface area contributed by atoms with Crippen LogP contribution in [0.25, 0.3) is 11.1 Å². The molecule has 0 aliphatic rings. The molecule has 0 radical (unpaired) electrons. The molecular formula is C15H18N2O2. The first-order chi connectivity index (χ1) is 8.91. The van der Waals surface area contributed by atoms with Gasteiger partial charge in [0, 0.05) is 11.3 Å². The molecule has 0 saturated heterocycles. The van der Waals surface area contributed by atoms with Gasteiger partial charge in [0.2, 0.25) is 0 Å². The highest BCUT2D eigenvalue weighted by Crippen LogP contribution is 2.31. The highest BCUT2D eigenvalue weighted by atomic mass is 16.4. The third-order valence-corrected chi connectivity index (χ3v) is 3.67. The molecule has 0 aliphatic heterocycles. The number of H-pyrrole nitrogens is 1. The van der Waals surface area contributed by atoms with Crippen LogP contribution < -0.4 is 0 Å². The molecule has 0 spiro atoms. The number of aromatic amines is 1. The van der Waals surface area contributed by atoms with Crippen LogP contribution in [0.3, 0.4) is 0 Å². The number of hydrogen-bond acceptors (Lipinski definition) is 2. The van der Waals surface area contributed by atoms with Crippen LogP contribution in [0.4, 0.5) is 0 Å². The van der Waals surface area contributed by atoms with Gasteiger partial charge in [0.25, 0.3) is 0 Å². The van der Waals surface area contributed by atoms with Crippen molar-refractivity contribution in [1.82, 2.24) is 10.2 Å². The lowest BCUT2D eigenvalue weighted by atomic mass is 9.92. The monoisotopic (exact) mass is 258 g/mol. The van der Waals surface area contributed by atoms with Crippen LogP contribution in [0, 0.1) is 27.7 Å². The molecule has 0 unspecified atom stereocenters. The number of carbonyl (C=O) groups is 1. The predicted molar refractivity (Wildman–Crippen MR) is 74.3 cm³/mol. The van der Waals surface area contributed by atoms with Crippen LogP contribution >= 0.6 is 0 Å². The van der Waals surface area contributed by atoms with Crippen molar-refractivity contribution in [3.63, 3.8) is 0 Å². The van der Waals surface area contributed by atoms with Crippen molar-refractivity contribution < 1.29 is 9.90 Å². The molecular weight excluding hydrogens is 240 g/mol. The van der Waals surface area contributed by atoms with Crippen molar-refractivity contribution >= 4 is 5.97 Å². The van der Waals surface area contributed by atoms with E-state index in [9.17, 15) is 4.79 Å². The normalized spacial score (nSPS) is 10.7. The number of nitrogens with zero attached hydrogens (tertiary/aromatic N) is 1. The first-order valence-corrected chi connectivity index (χ1v) is 6.24. The van der Waals surface area contributed by atoms with Gasteiger partial charge in [-0.3, -0.25) is 9.89 Å². The predicted octanol–water partition coefficient (Wildman–Crippen LogP) is 2.94. The summed E-state index contributed by atoms with van der Waals surface area (Å²) in [5.41, 5.74) is 7.13. The van der Waals surface area contributed by atoms with Gasteiger partial charge in [0.1, 0.15) is 0 Å². The van der Waals surface area contributed by atoms with E-state index in [-0.39, 0.29) is 6.42 Å². The minimum atomic E-state index is -0.866. The van der Waals surface area contributed by atoms with Crippen LogP contribution in [0.2, 0.25) is 0 Å². The maximum absolute atomic E-state index is 10.9. The quantitative estimate of drug-likeness (QED) is 0.889. The third-order valence-electron chi connectivity index (χ3n) is 3.67. The van der Waals surface area contributed by atoms with Gasteiger partial charge in [0.15, 0.2) is 0 Å². The molecule has 0 aliphatic carbocycles. The molecule has 1 heterocycles. The van der Waals surface area contributed by atoms with Crippen LogP contribution in [0.1, 0.15) is 28.1 Å². The number of nitrogens with one attached hydrogen (secondary N) is 1. The Balaban J connectivity index is 2.62. The number of benzene rings is 1. The number of aliphatic carboxylic acids is 1. The second-order valence-corrected chi connectivity index (χ2v) is 4.92. The van der Waals surface area contributed by atoms with Gasteiger partial charge >= 0.3 is 5.97 Å². The summed E-state index contributed by atoms with van der Waals surface area (Å²) in [4.78, 5) is 10.9. The van der Waals surface area contributed by atoms with Crippen LogP contribution in [0.15, 0.2) is 12.1 Å². The molecule has 0 fully saturated rings. The Morgan fingerprint density at radius 1 is 1.21 bits per heavy atom. The molecule has 100 valence electrons. The van der Waals surface area contributed by atoms with E-state index in [1.54, 1.807) is 0 Å². The zero-order valence-electron chi connectivity index (χ0n) is 11.7. The number of rotatable bonds is 3. The molecule has 0 bridgehead atoms. The van der Waals surface area contributed by atoms with Crippen molar-refractivity contribution in [3.8, 4) is 11.1 Å². The number of aromatic nitrogens is 2. The summed E-state index contributed by atoms with van der Waals surface area (Å²) in [6.45, 7) is 8.14. The largest absolute Gasteiger partial charge is 0.481 e. The fourth-order valence-corrected chi connectivity index (χ4v) is 2.34. The van der Waals surface area contributed by atoms with Gasteiger partial charge in [-0.05, 0) is 49.9 Å². The van der Waals surface area contributed by atoms with Gasteiger partial charge in [-0.15, -0.1) is 0 Å². The van der Waals surface area contributed by atoms with Gasteiger partial charge in [-0.2, -0.15) is 5.10 Å². The Morgan fingerprint density at radius 3 is 2.53 bits per heavy atom. The standard InChI is InChI=1S/C15H18N2O2/c1-8-5-6-12(10(3)9(8)2)15-11(4)16-17-13(15)7-14(18)19/h5-6H,7H2,1-4H3,(H,16,17)(H,18,19).